The molecule has 0 unspecified atom stereocenters. The molecule has 4 heterocycles. The summed E-state index contributed by atoms with van der Waals surface area (Å²) in [6, 6.07) is 174. The summed E-state index contributed by atoms with van der Waals surface area (Å²) in [5, 5.41) is 40.8. The predicted octanol–water partition coefficient (Wildman–Crippen LogP) is 38.4. The highest BCUT2D eigenvalue weighted by atomic mass is 32.1. The van der Waals surface area contributed by atoms with Gasteiger partial charge in [0.2, 0.25) is 0 Å². The zero-order valence-electron chi connectivity index (χ0n) is 72.8. The Labute approximate surface area is 791 Å². The van der Waals surface area contributed by atoms with Gasteiger partial charge < -0.3 is 21.3 Å². The van der Waals surface area contributed by atoms with Crippen LogP contribution in [0.5, 0.6) is 0 Å². The van der Waals surface area contributed by atoms with Gasteiger partial charge in [0.15, 0.2) is 0 Å². The van der Waals surface area contributed by atoms with Crippen molar-refractivity contribution in [1.29, 1.82) is 0 Å². The highest BCUT2D eigenvalue weighted by Gasteiger charge is 2.18. The second-order valence-corrected chi connectivity index (χ2v) is 38.4. The van der Waals surface area contributed by atoms with E-state index in [4.69, 9.17) is 0 Å². The Morgan fingerprint density at radius 3 is 0.746 bits per heavy atom. The summed E-state index contributed by atoms with van der Waals surface area (Å²) >= 11 is 7.46. The average molecular weight is 1780 g/mol. The maximum Gasteiger partial charge on any atom is 0.0470 e. The molecule has 134 heavy (non-hydrogen) atoms. The zero-order chi connectivity index (χ0) is 88.8. The van der Waals surface area contributed by atoms with E-state index in [1.54, 1.807) is 0 Å². The van der Waals surface area contributed by atoms with Crippen LogP contribution in [0.25, 0.3) is 201 Å². The molecule has 4 nitrogen and oxygen atoms in total. The molecule has 632 valence electrons. The van der Waals surface area contributed by atoms with Crippen LogP contribution in [-0.4, -0.2) is 0 Å². The predicted molar refractivity (Wildman–Crippen MR) is 588 cm³/mol. The largest absolute Gasteiger partial charge is 0.356 e. The molecule has 0 aliphatic rings. The number of nitrogens with one attached hydrogen (secondary N) is 4. The number of hydrogen-bond acceptors (Lipinski definition) is 8. The summed E-state index contributed by atoms with van der Waals surface area (Å²) in [5.74, 6) is 0. The van der Waals surface area contributed by atoms with E-state index in [0.29, 0.717) is 0 Å². The molecule has 0 atom stereocenters. The molecule has 8 heteroatoms. The molecule has 0 amide bonds. The number of benzene rings is 23. The Kier molecular flexibility index (Phi) is 21.5. The maximum atomic E-state index is 3.74. The van der Waals surface area contributed by atoms with Crippen molar-refractivity contribution in [2.45, 2.75) is 0 Å². The molecular weight excluding hydrogens is 1700 g/mol. The van der Waals surface area contributed by atoms with Crippen molar-refractivity contribution >= 4 is 236 Å². The first-order valence-corrected chi connectivity index (χ1v) is 48.6. The minimum atomic E-state index is 1.08. The molecule has 0 aliphatic heterocycles. The van der Waals surface area contributed by atoms with Gasteiger partial charge >= 0.3 is 0 Å². The van der Waals surface area contributed by atoms with Crippen LogP contribution >= 0.6 is 45.3 Å². The van der Waals surface area contributed by atoms with Crippen molar-refractivity contribution in [1.82, 2.24) is 0 Å². The molecule has 0 fully saturated rings. The molecule has 0 saturated heterocycles. The van der Waals surface area contributed by atoms with Crippen LogP contribution in [0.3, 0.4) is 0 Å². The van der Waals surface area contributed by atoms with Gasteiger partial charge in [-0.25, -0.2) is 0 Å². The second-order valence-electron chi connectivity index (χ2n) is 34.1. The summed E-state index contributed by atoms with van der Waals surface area (Å²) < 4.78 is 10.6. The monoisotopic (exact) mass is 1780 g/mol. The highest BCUT2D eigenvalue weighted by Crippen LogP contribution is 2.47. The Bertz CT molecular complexity index is 9120. The Hall–Kier alpha value is -16.3. The first kappa shape index (κ1) is 81.0. The standard InChI is InChI=1S/2C34H23NS.C30H19NS.C28H19NS/c1-2-7-23(8-3-1)26-10-6-11-27(21-26)24-13-16-28(17-14-24)35-29-18-20-32-31(22-29)34-30-12-5-4-9-25(30)15-19-33(34)36-32;1-2-6-23(7-3-1)24-10-12-25(13-11-24)26-14-17-28(18-15-26)35-29-19-21-32-31(22-29)34-30-9-5-4-8-27(30)16-20-33(34)36-32;1-4-10-23-19(7-1)13-15-29-30(23)26-18-21(14-16-28(26)32-29)31-27-17-20-8-2-3-9-22(20)24-11-5-6-12-25(24)27;1-2-7-19(8-3-1)21-10-6-11-22(17-21)29-23-14-16-26-25(18-23)28-24-12-5-4-9-20(24)13-15-27(28)30-26/h2*1-22,35H;1-18,31H;1-18,29H. The van der Waals surface area contributed by atoms with Gasteiger partial charge in [-0.1, -0.05) is 340 Å². The van der Waals surface area contributed by atoms with Gasteiger partial charge in [0.1, 0.15) is 0 Å². The van der Waals surface area contributed by atoms with E-state index < -0.39 is 0 Å². The minimum Gasteiger partial charge on any atom is -0.356 e. The molecule has 0 aliphatic carbocycles. The third-order valence-electron chi connectivity index (χ3n) is 25.7. The van der Waals surface area contributed by atoms with Crippen molar-refractivity contribution in [2.24, 2.45) is 0 Å². The summed E-state index contributed by atoms with van der Waals surface area (Å²) in [6.45, 7) is 0. The topological polar surface area (TPSA) is 48.1 Å². The Morgan fingerprint density at radius 2 is 0.366 bits per heavy atom. The molecule has 27 aromatic rings. The minimum absolute atomic E-state index is 1.08. The van der Waals surface area contributed by atoms with Gasteiger partial charge in [-0.15, -0.1) is 45.3 Å². The van der Waals surface area contributed by atoms with Crippen LogP contribution < -0.4 is 21.3 Å². The van der Waals surface area contributed by atoms with Crippen LogP contribution in [0.1, 0.15) is 0 Å². The molecule has 0 spiro atoms. The second kappa shape index (κ2) is 35.5. The number of hydrogen-bond donors (Lipinski definition) is 4. The molecular formula is C126H84N4S4. The van der Waals surface area contributed by atoms with E-state index in [-0.39, 0.29) is 0 Å². The van der Waals surface area contributed by atoms with E-state index in [9.17, 15) is 0 Å². The van der Waals surface area contributed by atoms with Gasteiger partial charge in [-0.3, -0.25) is 0 Å². The fourth-order valence-corrected chi connectivity index (χ4v) is 23.6. The molecule has 27 rings (SSSR count). The normalized spacial score (nSPS) is 11.4. The SMILES string of the molecule is c1ccc(-c2ccc(-c3ccc(Nc4ccc5sc6ccc7ccccc7c6c5c4)cc3)cc2)cc1.c1ccc(-c2cccc(-c3ccc(Nc4ccc5sc6ccc7ccccc7c6c5c4)cc3)c2)cc1.c1ccc(-c2cccc(Nc3ccc4sc5ccc6ccccc6c5c4c3)c2)cc1.c1ccc2c(c1)cc(Nc1ccc3sc4ccc5ccccc5c4c3c1)c1ccccc12. The quantitative estimate of drug-likeness (QED) is 0.0869. The summed E-state index contributed by atoms with van der Waals surface area (Å²) in [7, 11) is 0. The molecule has 4 aromatic heterocycles. The van der Waals surface area contributed by atoms with Crippen LogP contribution in [0.4, 0.5) is 45.5 Å². The third kappa shape index (κ3) is 16.1. The summed E-state index contributed by atoms with van der Waals surface area (Å²) in [4.78, 5) is 0. The van der Waals surface area contributed by atoms with Gasteiger partial charge in [-0.2, -0.15) is 0 Å². The highest BCUT2D eigenvalue weighted by molar-refractivity contribution is 7.27. The van der Waals surface area contributed by atoms with Gasteiger partial charge in [0.05, 0.1) is 0 Å². The molecule has 0 bridgehead atoms. The first-order valence-electron chi connectivity index (χ1n) is 45.4. The van der Waals surface area contributed by atoms with Crippen LogP contribution in [0.2, 0.25) is 0 Å². The number of fused-ring (bicyclic) bond motifs is 23. The molecule has 0 radical (unpaired) electrons. The molecule has 0 saturated carbocycles. The summed E-state index contributed by atoms with van der Waals surface area (Å²) in [5.41, 5.74) is 21.1. The fourth-order valence-electron chi connectivity index (χ4n) is 19.2. The van der Waals surface area contributed by atoms with Crippen molar-refractivity contribution < 1.29 is 0 Å². The van der Waals surface area contributed by atoms with Gasteiger partial charge in [0, 0.05) is 132 Å². The lowest BCUT2D eigenvalue weighted by Gasteiger charge is -2.13. The fraction of sp³-hybridized carbons (Fsp3) is 0. The van der Waals surface area contributed by atoms with E-state index in [1.165, 1.54) is 201 Å². The van der Waals surface area contributed by atoms with Crippen LogP contribution in [-0.2, 0) is 0 Å². The number of rotatable bonds is 13. The zero-order valence-corrected chi connectivity index (χ0v) is 76.1. The van der Waals surface area contributed by atoms with E-state index >= 15 is 0 Å². The number of anilines is 8. The Morgan fingerprint density at radius 1 is 0.119 bits per heavy atom. The lowest BCUT2D eigenvalue weighted by Crippen LogP contribution is -1.92. The van der Waals surface area contributed by atoms with Crippen molar-refractivity contribution in [2.75, 3.05) is 21.3 Å². The maximum absolute atomic E-state index is 3.74. The third-order valence-corrected chi connectivity index (χ3v) is 30.3. The van der Waals surface area contributed by atoms with E-state index in [1.807, 2.05) is 45.3 Å². The Balaban J connectivity index is 0.0000000984. The molecule has 23 aromatic carbocycles. The molecule has 4 N–H and O–H groups in total. The average Bonchev–Trinajstić information content (AvgIpc) is 1.59. The van der Waals surface area contributed by atoms with Crippen molar-refractivity contribution in [3.63, 3.8) is 0 Å². The van der Waals surface area contributed by atoms with E-state index in [2.05, 4.69) is 507 Å². The first-order chi connectivity index (χ1) is 66.3. The summed E-state index contributed by atoms with van der Waals surface area (Å²) in [6.07, 6.45) is 0. The smallest absolute Gasteiger partial charge is 0.0470 e. The van der Waals surface area contributed by atoms with Crippen molar-refractivity contribution in [3.05, 3.63) is 485 Å². The number of thiophene rings is 4. The van der Waals surface area contributed by atoms with E-state index in [0.717, 1.165) is 45.5 Å². The van der Waals surface area contributed by atoms with Gasteiger partial charge in [0.25, 0.3) is 0 Å². The van der Waals surface area contributed by atoms with Crippen molar-refractivity contribution in [3.8, 4) is 55.6 Å². The lowest BCUT2D eigenvalue weighted by molar-refractivity contribution is 1.55. The van der Waals surface area contributed by atoms with Gasteiger partial charge in [-0.05, 0) is 260 Å². The van der Waals surface area contributed by atoms with Crippen LogP contribution in [0.15, 0.2) is 485 Å². The lowest BCUT2D eigenvalue weighted by atomic mass is 9.99. The van der Waals surface area contributed by atoms with Crippen LogP contribution in [0, 0.1) is 0 Å².